The number of carbonyl (C=O) groups is 2. The van der Waals surface area contributed by atoms with Crippen LogP contribution in [0.5, 0.6) is 0 Å². The molecule has 0 saturated carbocycles. The summed E-state index contributed by atoms with van der Waals surface area (Å²) in [6, 6.07) is 17.7. The van der Waals surface area contributed by atoms with E-state index >= 15 is 0 Å². The number of benzene rings is 1. The number of H-pyrrole nitrogens is 2. The first-order valence-electron chi connectivity index (χ1n) is 12.2. The van der Waals surface area contributed by atoms with E-state index in [0.29, 0.717) is 11.4 Å². The fourth-order valence-corrected chi connectivity index (χ4v) is 5.29. The molecule has 0 saturated heterocycles. The molecular weight excluding hydrogens is 496 g/mol. The van der Waals surface area contributed by atoms with Crippen molar-refractivity contribution in [1.82, 2.24) is 25.1 Å². The molecule has 6 rings (SSSR count). The van der Waals surface area contributed by atoms with Gasteiger partial charge < -0.3 is 10.3 Å². The van der Waals surface area contributed by atoms with Gasteiger partial charge in [0, 0.05) is 39.0 Å². The zero-order valence-electron chi connectivity index (χ0n) is 21.0. The number of hydrogen-bond acceptors (Lipinski definition) is 6. The Morgan fingerprint density at radius 1 is 1.00 bits per heavy atom. The summed E-state index contributed by atoms with van der Waals surface area (Å²) < 4.78 is 0. The van der Waals surface area contributed by atoms with Crippen molar-refractivity contribution in [3.05, 3.63) is 71.9 Å². The standard InChI is InChI=1S/C29H24N6O2S/c1-15(2)29(37)31-18-11-17(13-30-14-18)21-7-8-23-27(33-21)28(35-34-23)24-12-20-19(5-4-6-22(20)32-24)26-10-9-25(38-26)16(3)36/h4-15,32H,1-3H3,(H,31,37)(H,34,35). The summed E-state index contributed by atoms with van der Waals surface area (Å²) in [4.78, 5) is 38.4. The van der Waals surface area contributed by atoms with Crippen molar-refractivity contribution in [1.29, 1.82) is 0 Å². The molecule has 0 spiro atoms. The molecule has 6 aromatic rings. The van der Waals surface area contributed by atoms with E-state index in [0.717, 1.165) is 54.2 Å². The SMILES string of the molecule is CC(=O)c1ccc(-c2cccc3[nH]c(-c4n[nH]c5ccc(-c6cncc(NC(=O)C(C)C)c6)nc45)cc23)s1. The van der Waals surface area contributed by atoms with Gasteiger partial charge in [0.15, 0.2) is 5.78 Å². The molecule has 5 aromatic heterocycles. The summed E-state index contributed by atoms with van der Waals surface area (Å²) >= 11 is 1.49. The van der Waals surface area contributed by atoms with Crippen LogP contribution in [0.4, 0.5) is 5.69 Å². The topological polar surface area (TPSA) is 116 Å². The molecule has 0 atom stereocenters. The fourth-order valence-electron chi connectivity index (χ4n) is 4.35. The maximum absolute atomic E-state index is 12.1. The first-order valence-corrected chi connectivity index (χ1v) is 13.0. The van der Waals surface area contributed by atoms with Crippen LogP contribution in [0.1, 0.15) is 30.4 Å². The smallest absolute Gasteiger partial charge is 0.226 e. The van der Waals surface area contributed by atoms with Gasteiger partial charge in [0.1, 0.15) is 11.2 Å². The van der Waals surface area contributed by atoms with Crippen LogP contribution >= 0.6 is 11.3 Å². The highest BCUT2D eigenvalue weighted by molar-refractivity contribution is 7.17. The van der Waals surface area contributed by atoms with Gasteiger partial charge in [-0.2, -0.15) is 5.10 Å². The van der Waals surface area contributed by atoms with Crippen LogP contribution in [0.3, 0.4) is 0 Å². The average molecular weight is 521 g/mol. The van der Waals surface area contributed by atoms with Gasteiger partial charge in [-0.05, 0) is 49.4 Å². The maximum atomic E-state index is 12.1. The summed E-state index contributed by atoms with van der Waals surface area (Å²) in [5.74, 6) is -0.131. The molecule has 1 aromatic carbocycles. The largest absolute Gasteiger partial charge is 0.353 e. The minimum Gasteiger partial charge on any atom is -0.353 e. The lowest BCUT2D eigenvalue weighted by molar-refractivity contribution is -0.118. The number of carbonyl (C=O) groups excluding carboxylic acids is 2. The number of amides is 1. The molecule has 188 valence electrons. The van der Waals surface area contributed by atoms with Crippen LogP contribution in [0.25, 0.3) is 55.0 Å². The highest BCUT2D eigenvalue weighted by Gasteiger charge is 2.17. The number of nitrogens with zero attached hydrogens (tertiary/aromatic N) is 3. The molecule has 3 N–H and O–H groups in total. The number of rotatable bonds is 6. The Bertz CT molecular complexity index is 1840. The third-order valence-corrected chi connectivity index (χ3v) is 7.59. The zero-order chi connectivity index (χ0) is 26.4. The quantitative estimate of drug-likeness (QED) is 0.211. The van der Waals surface area contributed by atoms with Crippen molar-refractivity contribution in [2.45, 2.75) is 20.8 Å². The molecular formula is C29H24N6O2S. The van der Waals surface area contributed by atoms with Crippen LogP contribution in [0.2, 0.25) is 0 Å². The Morgan fingerprint density at radius 3 is 2.66 bits per heavy atom. The van der Waals surface area contributed by atoms with Crippen molar-refractivity contribution in [3.8, 4) is 33.1 Å². The first-order chi connectivity index (χ1) is 18.4. The third kappa shape index (κ3) is 4.26. The van der Waals surface area contributed by atoms with Gasteiger partial charge in [-0.3, -0.25) is 19.7 Å². The molecule has 0 fully saturated rings. The normalized spacial score (nSPS) is 11.5. The summed E-state index contributed by atoms with van der Waals surface area (Å²) in [6.45, 7) is 5.28. The van der Waals surface area contributed by atoms with Gasteiger partial charge in [0.25, 0.3) is 0 Å². The van der Waals surface area contributed by atoms with Crippen LogP contribution in [-0.2, 0) is 4.79 Å². The van der Waals surface area contributed by atoms with E-state index in [1.54, 1.807) is 19.3 Å². The highest BCUT2D eigenvalue weighted by atomic mass is 32.1. The Kier molecular flexibility index (Phi) is 5.84. The molecule has 1 amide bonds. The predicted octanol–water partition coefficient (Wildman–Crippen LogP) is 6.69. The Morgan fingerprint density at radius 2 is 1.87 bits per heavy atom. The Hall–Kier alpha value is -4.63. The molecule has 0 aliphatic rings. The number of aromatic amines is 2. The Balaban J connectivity index is 1.40. The van der Waals surface area contributed by atoms with Crippen LogP contribution in [-0.4, -0.2) is 36.8 Å². The molecule has 0 bridgehead atoms. The zero-order valence-corrected chi connectivity index (χ0v) is 21.8. The summed E-state index contributed by atoms with van der Waals surface area (Å²) in [7, 11) is 0. The molecule has 8 nitrogen and oxygen atoms in total. The van der Waals surface area contributed by atoms with Crippen LogP contribution in [0.15, 0.2) is 67.0 Å². The number of ketones is 1. The van der Waals surface area contributed by atoms with Crippen molar-refractivity contribution in [2.24, 2.45) is 5.92 Å². The molecule has 5 heterocycles. The molecule has 0 aliphatic carbocycles. The number of anilines is 1. The third-order valence-electron chi connectivity index (χ3n) is 6.37. The summed E-state index contributed by atoms with van der Waals surface area (Å²) in [5, 5.41) is 11.6. The fraction of sp³-hybridized carbons (Fsp3) is 0.138. The van der Waals surface area contributed by atoms with Crippen LogP contribution in [0, 0.1) is 5.92 Å². The number of Topliss-reactive ketones (excluding diaryl/α,β-unsaturated/α-hetero) is 1. The lowest BCUT2D eigenvalue weighted by Gasteiger charge is -2.08. The molecule has 9 heteroatoms. The van der Waals surface area contributed by atoms with Gasteiger partial charge >= 0.3 is 0 Å². The van der Waals surface area contributed by atoms with Crippen LogP contribution < -0.4 is 5.32 Å². The van der Waals surface area contributed by atoms with E-state index in [4.69, 9.17) is 4.98 Å². The van der Waals surface area contributed by atoms with E-state index in [1.807, 2.05) is 56.3 Å². The molecule has 0 radical (unpaired) electrons. The second kappa shape index (κ2) is 9.35. The van der Waals surface area contributed by atoms with Crippen molar-refractivity contribution < 1.29 is 9.59 Å². The maximum Gasteiger partial charge on any atom is 0.226 e. The van der Waals surface area contributed by atoms with Gasteiger partial charge in [0.05, 0.1) is 33.7 Å². The van der Waals surface area contributed by atoms with Crippen molar-refractivity contribution in [3.63, 3.8) is 0 Å². The molecule has 38 heavy (non-hydrogen) atoms. The minimum absolute atomic E-state index is 0.0658. The van der Waals surface area contributed by atoms with Gasteiger partial charge in [-0.15, -0.1) is 11.3 Å². The van der Waals surface area contributed by atoms with Gasteiger partial charge in [-0.1, -0.05) is 26.0 Å². The molecule has 0 unspecified atom stereocenters. The number of nitrogens with one attached hydrogen (secondary N) is 3. The van der Waals surface area contributed by atoms with E-state index in [1.165, 1.54) is 11.3 Å². The lowest BCUT2D eigenvalue weighted by Crippen LogP contribution is -2.17. The number of hydrogen-bond donors (Lipinski definition) is 3. The second-order valence-corrected chi connectivity index (χ2v) is 10.5. The van der Waals surface area contributed by atoms with Crippen molar-refractivity contribution >= 4 is 50.7 Å². The predicted molar refractivity (Wildman–Crippen MR) is 151 cm³/mol. The van der Waals surface area contributed by atoms with Gasteiger partial charge in [-0.25, -0.2) is 4.98 Å². The van der Waals surface area contributed by atoms with Gasteiger partial charge in [0.2, 0.25) is 5.91 Å². The minimum atomic E-state index is -0.130. The second-order valence-electron chi connectivity index (χ2n) is 9.44. The number of fused-ring (bicyclic) bond motifs is 2. The van der Waals surface area contributed by atoms with Crippen molar-refractivity contribution in [2.75, 3.05) is 5.32 Å². The highest BCUT2D eigenvalue weighted by Crippen LogP contribution is 2.37. The summed E-state index contributed by atoms with van der Waals surface area (Å²) in [6.07, 6.45) is 3.35. The van der Waals surface area contributed by atoms with E-state index < -0.39 is 0 Å². The van der Waals surface area contributed by atoms with E-state index in [-0.39, 0.29) is 17.6 Å². The molecule has 0 aliphatic heterocycles. The number of aromatic nitrogens is 5. The monoisotopic (exact) mass is 520 g/mol. The van der Waals surface area contributed by atoms with E-state index in [9.17, 15) is 9.59 Å². The first kappa shape index (κ1) is 23.7. The summed E-state index contributed by atoms with van der Waals surface area (Å²) in [5.41, 5.74) is 7.24. The Labute approximate surface area is 222 Å². The average Bonchev–Trinajstić information content (AvgIpc) is 3.66. The number of thiophene rings is 1. The lowest BCUT2D eigenvalue weighted by atomic mass is 10.1. The van der Waals surface area contributed by atoms with E-state index in [2.05, 4.69) is 37.6 Å². The number of pyridine rings is 2.